The minimum absolute atomic E-state index is 0.208. The van der Waals surface area contributed by atoms with Gasteiger partial charge < -0.3 is 10.3 Å². The monoisotopic (exact) mass is 283 g/mol. The van der Waals surface area contributed by atoms with Gasteiger partial charge in [-0.25, -0.2) is 5.01 Å². The molecular formula is C12H18ClN5O. The van der Waals surface area contributed by atoms with E-state index in [9.17, 15) is 4.79 Å². The van der Waals surface area contributed by atoms with Gasteiger partial charge in [0.05, 0.1) is 11.3 Å². The standard InChI is InChI=1S/C12H18ClN5O/c1-17-4-6-18(7-5-17)16-12(19)10-8-9(13)2-3-11(10)15-14/h2-3,8,15H,4-7,14H2,1H3,(H,16,19). The van der Waals surface area contributed by atoms with Crippen molar-refractivity contribution in [3.05, 3.63) is 28.8 Å². The predicted octanol–water partition coefficient (Wildman–Crippen LogP) is 0.518. The van der Waals surface area contributed by atoms with Gasteiger partial charge in [0, 0.05) is 31.2 Å². The quantitative estimate of drug-likeness (QED) is 0.557. The number of nitrogens with zero attached hydrogens (tertiary/aromatic N) is 2. The van der Waals surface area contributed by atoms with Crippen LogP contribution in [0.3, 0.4) is 0 Å². The molecule has 19 heavy (non-hydrogen) atoms. The molecule has 0 saturated carbocycles. The molecule has 7 heteroatoms. The minimum Gasteiger partial charge on any atom is -0.323 e. The van der Waals surface area contributed by atoms with E-state index >= 15 is 0 Å². The number of hydrazine groups is 2. The number of carbonyl (C=O) groups excluding carboxylic acids is 1. The van der Waals surface area contributed by atoms with Crippen molar-refractivity contribution in [3.63, 3.8) is 0 Å². The second kappa shape index (κ2) is 6.21. The third-order valence-electron chi connectivity index (χ3n) is 3.14. The molecule has 1 heterocycles. The number of nitrogens with two attached hydrogens (primary N) is 1. The summed E-state index contributed by atoms with van der Waals surface area (Å²) in [6.45, 7) is 3.46. The van der Waals surface area contributed by atoms with Gasteiger partial charge in [0.25, 0.3) is 5.91 Å². The van der Waals surface area contributed by atoms with Crippen LogP contribution in [-0.2, 0) is 0 Å². The number of hydrogen-bond acceptors (Lipinski definition) is 5. The lowest BCUT2D eigenvalue weighted by molar-refractivity contribution is 0.0663. The fourth-order valence-corrected chi connectivity index (χ4v) is 2.12. The van der Waals surface area contributed by atoms with E-state index in [0.717, 1.165) is 26.2 Å². The zero-order chi connectivity index (χ0) is 13.8. The van der Waals surface area contributed by atoms with E-state index in [-0.39, 0.29) is 5.91 Å². The Hall–Kier alpha value is -1.34. The van der Waals surface area contributed by atoms with Crippen LogP contribution in [0, 0.1) is 0 Å². The van der Waals surface area contributed by atoms with Gasteiger partial charge in [-0.05, 0) is 25.2 Å². The van der Waals surface area contributed by atoms with Gasteiger partial charge in [0.15, 0.2) is 0 Å². The number of halogens is 1. The largest absolute Gasteiger partial charge is 0.323 e. The molecule has 1 saturated heterocycles. The maximum Gasteiger partial charge on any atom is 0.267 e. The molecule has 104 valence electrons. The van der Waals surface area contributed by atoms with Gasteiger partial charge in [0.1, 0.15) is 0 Å². The maximum atomic E-state index is 12.2. The topological polar surface area (TPSA) is 73.6 Å². The van der Waals surface area contributed by atoms with E-state index in [1.807, 2.05) is 5.01 Å². The van der Waals surface area contributed by atoms with Crippen molar-refractivity contribution in [2.24, 2.45) is 5.84 Å². The Balaban J connectivity index is 2.05. The molecule has 2 rings (SSSR count). The Labute approximate surface area is 117 Å². The SMILES string of the molecule is CN1CCN(NC(=O)c2cc(Cl)ccc2NN)CC1. The summed E-state index contributed by atoms with van der Waals surface area (Å²) >= 11 is 5.91. The van der Waals surface area contributed by atoms with Crippen molar-refractivity contribution >= 4 is 23.2 Å². The minimum atomic E-state index is -0.208. The molecule has 1 aromatic rings. The number of anilines is 1. The Morgan fingerprint density at radius 3 is 2.63 bits per heavy atom. The molecule has 1 fully saturated rings. The van der Waals surface area contributed by atoms with Crippen LogP contribution in [-0.4, -0.2) is 49.0 Å². The van der Waals surface area contributed by atoms with Gasteiger partial charge in [0.2, 0.25) is 0 Å². The third-order valence-corrected chi connectivity index (χ3v) is 3.38. The summed E-state index contributed by atoms with van der Waals surface area (Å²) in [5.74, 6) is 5.19. The molecule has 0 radical (unpaired) electrons. The van der Waals surface area contributed by atoms with Gasteiger partial charge in [-0.3, -0.25) is 16.1 Å². The summed E-state index contributed by atoms with van der Waals surface area (Å²) in [7, 11) is 2.06. The summed E-state index contributed by atoms with van der Waals surface area (Å²) < 4.78 is 0. The second-order valence-electron chi connectivity index (χ2n) is 4.57. The first-order valence-electron chi connectivity index (χ1n) is 6.11. The van der Waals surface area contributed by atoms with Crippen LogP contribution in [0.2, 0.25) is 5.02 Å². The summed E-state index contributed by atoms with van der Waals surface area (Å²) in [4.78, 5) is 14.4. The highest BCUT2D eigenvalue weighted by atomic mass is 35.5. The van der Waals surface area contributed by atoms with Crippen LogP contribution >= 0.6 is 11.6 Å². The zero-order valence-corrected chi connectivity index (χ0v) is 11.6. The highest BCUT2D eigenvalue weighted by Gasteiger charge is 2.18. The molecule has 0 spiro atoms. The van der Waals surface area contributed by atoms with Crippen molar-refractivity contribution in [1.82, 2.24) is 15.3 Å². The summed E-state index contributed by atoms with van der Waals surface area (Å²) in [6, 6.07) is 4.97. The molecular weight excluding hydrogens is 266 g/mol. The average Bonchev–Trinajstić information content (AvgIpc) is 2.41. The van der Waals surface area contributed by atoms with Crippen LogP contribution in [0.5, 0.6) is 0 Å². The smallest absolute Gasteiger partial charge is 0.267 e. The van der Waals surface area contributed by atoms with E-state index in [0.29, 0.717) is 16.3 Å². The van der Waals surface area contributed by atoms with Crippen LogP contribution in [0.25, 0.3) is 0 Å². The number of rotatable bonds is 3. The maximum absolute atomic E-state index is 12.2. The molecule has 0 aliphatic carbocycles. The molecule has 0 aromatic heterocycles. The molecule has 1 aliphatic rings. The Morgan fingerprint density at radius 1 is 1.32 bits per heavy atom. The van der Waals surface area contributed by atoms with Crippen LogP contribution in [0.15, 0.2) is 18.2 Å². The summed E-state index contributed by atoms with van der Waals surface area (Å²) in [6.07, 6.45) is 0. The van der Waals surface area contributed by atoms with E-state index in [1.54, 1.807) is 18.2 Å². The van der Waals surface area contributed by atoms with Gasteiger partial charge >= 0.3 is 0 Å². The first kappa shape index (κ1) is 14.1. The number of likely N-dealkylation sites (N-methyl/N-ethyl adjacent to an activating group) is 1. The lowest BCUT2D eigenvalue weighted by atomic mass is 10.1. The normalized spacial score (nSPS) is 17.2. The third kappa shape index (κ3) is 3.57. The highest BCUT2D eigenvalue weighted by Crippen LogP contribution is 2.19. The summed E-state index contributed by atoms with van der Waals surface area (Å²) in [5, 5.41) is 2.41. The predicted molar refractivity (Wildman–Crippen MR) is 75.8 cm³/mol. The molecule has 6 nitrogen and oxygen atoms in total. The van der Waals surface area contributed by atoms with Crippen LogP contribution in [0.1, 0.15) is 10.4 Å². The lowest BCUT2D eigenvalue weighted by Crippen LogP contribution is -2.52. The first-order valence-corrected chi connectivity index (χ1v) is 6.48. The number of amides is 1. The van der Waals surface area contributed by atoms with E-state index in [2.05, 4.69) is 22.8 Å². The number of carbonyl (C=O) groups is 1. The second-order valence-corrected chi connectivity index (χ2v) is 5.00. The number of nitrogens with one attached hydrogen (secondary N) is 2. The average molecular weight is 284 g/mol. The van der Waals surface area contributed by atoms with Crippen LogP contribution in [0.4, 0.5) is 5.69 Å². The number of piperazine rings is 1. The molecule has 0 unspecified atom stereocenters. The molecule has 1 aliphatic heterocycles. The number of benzene rings is 1. The lowest BCUT2D eigenvalue weighted by Gasteiger charge is -2.32. The molecule has 1 amide bonds. The fourth-order valence-electron chi connectivity index (χ4n) is 1.95. The number of hydrogen-bond donors (Lipinski definition) is 3. The van der Waals surface area contributed by atoms with Gasteiger partial charge in [-0.1, -0.05) is 11.6 Å². The summed E-state index contributed by atoms with van der Waals surface area (Å²) in [5.41, 5.74) is 6.36. The Kier molecular flexibility index (Phi) is 4.60. The molecule has 1 aromatic carbocycles. The number of nitrogen functional groups attached to an aromatic ring is 1. The van der Waals surface area contributed by atoms with Crippen molar-refractivity contribution in [2.75, 3.05) is 38.7 Å². The van der Waals surface area contributed by atoms with Gasteiger partial charge in [-0.2, -0.15) is 0 Å². The molecule has 4 N–H and O–H groups in total. The van der Waals surface area contributed by atoms with Gasteiger partial charge in [-0.15, -0.1) is 0 Å². The first-order chi connectivity index (χ1) is 9.10. The van der Waals surface area contributed by atoms with Crippen molar-refractivity contribution in [3.8, 4) is 0 Å². The Morgan fingerprint density at radius 2 is 2.00 bits per heavy atom. The van der Waals surface area contributed by atoms with E-state index in [4.69, 9.17) is 17.4 Å². The fraction of sp³-hybridized carbons (Fsp3) is 0.417. The van der Waals surface area contributed by atoms with Crippen molar-refractivity contribution < 1.29 is 4.79 Å². The zero-order valence-electron chi connectivity index (χ0n) is 10.8. The molecule has 0 atom stereocenters. The van der Waals surface area contributed by atoms with Crippen molar-refractivity contribution in [1.29, 1.82) is 0 Å². The van der Waals surface area contributed by atoms with E-state index in [1.165, 1.54) is 0 Å². The van der Waals surface area contributed by atoms with Crippen molar-refractivity contribution in [2.45, 2.75) is 0 Å². The Bertz CT molecular complexity index is 459. The molecule has 0 bridgehead atoms. The highest BCUT2D eigenvalue weighted by molar-refractivity contribution is 6.31. The van der Waals surface area contributed by atoms with E-state index < -0.39 is 0 Å². The van der Waals surface area contributed by atoms with Crippen LogP contribution < -0.4 is 16.7 Å².